The van der Waals surface area contributed by atoms with Crippen molar-refractivity contribution in [2.75, 3.05) is 6.54 Å². The van der Waals surface area contributed by atoms with Crippen LogP contribution >= 0.6 is 11.6 Å². The van der Waals surface area contributed by atoms with E-state index < -0.39 is 5.54 Å². The predicted octanol–water partition coefficient (Wildman–Crippen LogP) is 1.24. The molecule has 0 radical (unpaired) electrons. The van der Waals surface area contributed by atoms with Crippen LogP contribution < -0.4 is 0 Å². The molecule has 0 bridgehead atoms. The standard InChI is InChI=1S/C9H12ClNO/c1-4-9(2,3)11-6-7(10)5-8(11)12/h1,7H,5-6H2,2-3H3. The lowest BCUT2D eigenvalue weighted by atomic mass is 10.1. The van der Waals surface area contributed by atoms with Gasteiger partial charge in [-0.15, -0.1) is 18.0 Å². The summed E-state index contributed by atoms with van der Waals surface area (Å²) in [5.74, 6) is 2.63. The fraction of sp³-hybridized carbons (Fsp3) is 0.667. The summed E-state index contributed by atoms with van der Waals surface area (Å²) in [5, 5.41) is -0.0786. The molecule has 1 fully saturated rings. The van der Waals surface area contributed by atoms with E-state index in [1.54, 1.807) is 4.90 Å². The highest BCUT2D eigenvalue weighted by molar-refractivity contribution is 6.22. The number of halogens is 1. The van der Waals surface area contributed by atoms with Gasteiger partial charge in [-0.3, -0.25) is 4.79 Å². The second-order valence-corrected chi connectivity index (χ2v) is 4.13. The zero-order valence-corrected chi connectivity index (χ0v) is 8.06. The third-order valence-corrected chi connectivity index (χ3v) is 2.40. The molecule has 1 atom stereocenters. The van der Waals surface area contributed by atoms with Crippen molar-refractivity contribution in [3.8, 4) is 12.3 Å². The first-order chi connectivity index (χ1) is 5.47. The lowest BCUT2D eigenvalue weighted by Gasteiger charge is -2.30. The van der Waals surface area contributed by atoms with Gasteiger partial charge in [0.1, 0.15) is 0 Å². The summed E-state index contributed by atoms with van der Waals surface area (Å²) in [4.78, 5) is 13.0. The zero-order chi connectivity index (χ0) is 9.35. The molecule has 0 aliphatic carbocycles. The molecule has 0 spiro atoms. The molecule has 1 aliphatic heterocycles. The van der Waals surface area contributed by atoms with Gasteiger partial charge in [-0.25, -0.2) is 0 Å². The molecule has 0 N–H and O–H groups in total. The van der Waals surface area contributed by atoms with E-state index in [1.807, 2.05) is 13.8 Å². The number of carbonyl (C=O) groups is 1. The van der Waals surface area contributed by atoms with Crippen LogP contribution in [-0.2, 0) is 4.79 Å². The monoisotopic (exact) mass is 185 g/mol. The Morgan fingerprint density at radius 2 is 2.33 bits per heavy atom. The number of hydrogen-bond donors (Lipinski definition) is 0. The van der Waals surface area contributed by atoms with E-state index in [4.69, 9.17) is 18.0 Å². The molecular formula is C9H12ClNO. The van der Waals surface area contributed by atoms with Gasteiger partial charge >= 0.3 is 0 Å². The zero-order valence-electron chi connectivity index (χ0n) is 7.30. The van der Waals surface area contributed by atoms with Gasteiger partial charge in [-0.2, -0.15) is 0 Å². The lowest BCUT2D eigenvalue weighted by molar-refractivity contribution is -0.130. The van der Waals surface area contributed by atoms with E-state index in [-0.39, 0.29) is 11.3 Å². The van der Waals surface area contributed by atoms with Crippen LogP contribution in [0.3, 0.4) is 0 Å². The number of hydrogen-bond acceptors (Lipinski definition) is 1. The number of amides is 1. The maximum absolute atomic E-state index is 11.3. The van der Waals surface area contributed by atoms with Gasteiger partial charge in [-0.1, -0.05) is 5.92 Å². The van der Waals surface area contributed by atoms with Gasteiger partial charge in [-0.05, 0) is 13.8 Å². The van der Waals surface area contributed by atoms with Crippen LogP contribution in [0, 0.1) is 12.3 Å². The Kier molecular flexibility index (Phi) is 2.34. The van der Waals surface area contributed by atoms with Gasteiger partial charge in [0.2, 0.25) is 5.91 Å². The molecular weight excluding hydrogens is 174 g/mol. The van der Waals surface area contributed by atoms with Crippen LogP contribution in [0.1, 0.15) is 20.3 Å². The fourth-order valence-corrected chi connectivity index (χ4v) is 1.55. The Labute approximate surface area is 77.9 Å². The number of rotatable bonds is 1. The molecule has 2 nitrogen and oxygen atoms in total. The smallest absolute Gasteiger partial charge is 0.225 e. The van der Waals surface area contributed by atoms with Crippen molar-refractivity contribution in [3.05, 3.63) is 0 Å². The van der Waals surface area contributed by atoms with Gasteiger partial charge < -0.3 is 4.90 Å². The van der Waals surface area contributed by atoms with Crippen molar-refractivity contribution < 1.29 is 4.79 Å². The molecule has 12 heavy (non-hydrogen) atoms. The molecule has 1 saturated heterocycles. The number of alkyl halides is 1. The van der Waals surface area contributed by atoms with Crippen LogP contribution in [-0.4, -0.2) is 28.3 Å². The molecule has 0 aromatic heterocycles. The summed E-state index contributed by atoms with van der Waals surface area (Å²) < 4.78 is 0. The van der Waals surface area contributed by atoms with Crippen molar-refractivity contribution in [1.82, 2.24) is 4.90 Å². The summed E-state index contributed by atoms with van der Waals surface area (Å²) in [7, 11) is 0. The third kappa shape index (κ3) is 1.56. The Morgan fingerprint density at radius 1 is 1.75 bits per heavy atom. The SMILES string of the molecule is C#CC(C)(C)N1CC(Cl)CC1=O. The maximum atomic E-state index is 11.3. The minimum absolute atomic E-state index is 0.0537. The predicted molar refractivity (Wildman–Crippen MR) is 48.9 cm³/mol. The van der Waals surface area contributed by atoms with Crippen molar-refractivity contribution in [2.24, 2.45) is 0 Å². The van der Waals surface area contributed by atoms with E-state index in [0.717, 1.165) is 0 Å². The first-order valence-corrected chi connectivity index (χ1v) is 4.33. The van der Waals surface area contributed by atoms with Gasteiger partial charge in [0.25, 0.3) is 0 Å². The molecule has 1 heterocycles. The van der Waals surface area contributed by atoms with Crippen molar-refractivity contribution in [3.63, 3.8) is 0 Å². The minimum atomic E-state index is -0.499. The molecule has 0 saturated carbocycles. The first kappa shape index (κ1) is 9.41. The Hall–Kier alpha value is -0.680. The Bertz CT molecular complexity index is 241. The van der Waals surface area contributed by atoms with E-state index >= 15 is 0 Å². The number of carbonyl (C=O) groups excluding carboxylic acids is 1. The van der Waals surface area contributed by atoms with Crippen LogP contribution in [0.2, 0.25) is 0 Å². The molecule has 1 amide bonds. The highest BCUT2D eigenvalue weighted by Crippen LogP contribution is 2.24. The molecule has 0 aromatic carbocycles. The normalized spacial score (nSPS) is 24.3. The summed E-state index contributed by atoms with van der Waals surface area (Å²) in [6.45, 7) is 4.26. The second kappa shape index (κ2) is 2.99. The topological polar surface area (TPSA) is 20.3 Å². The van der Waals surface area contributed by atoms with E-state index in [0.29, 0.717) is 13.0 Å². The van der Waals surface area contributed by atoms with E-state index in [2.05, 4.69) is 5.92 Å². The molecule has 1 aliphatic rings. The number of likely N-dealkylation sites (tertiary alicyclic amines) is 1. The minimum Gasteiger partial charge on any atom is -0.325 e. The maximum Gasteiger partial charge on any atom is 0.225 e. The van der Waals surface area contributed by atoms with Crippen LogP contribution in [0.5, 0.6) is 0 Å². The van der Waals surface area contributed by atoms with Crippen LogP contribution in [0.15, 0.2) is 0 Å². The number of nitrogens with zero attached hydrogens (tertiary/aromatic N) is 1. The lowest BCUT2D eigenvalue weighted by Crippen LogP contribution is -2.43. The third-order valence-electron chi connectivity index (χ3n) is 2.11. The molecule has 1 unspecified atom stereocenters. The molecule has 66 valence electrons. The average Bonchev–Trinajstić information content (AvgIpc) is 2.31. The quantitative estimate of drug-likeness (QED) is 0.445. The highest BCUT2D eigenvalue weighted by Gasteiger charge is 2.36. The largest absolute Gasteiger partial charge is 0.325 e. The van der Waals surface area contributed by atoms with Gasteiger partial charge in [0.15, 0.2) is 0 Å². The second-order valence-electron chi connectivity index (χ2n) is 3.51. The van der Waals surface area contributed by atoms with Crippen molar-refractivity contribution >= 4 is 17.5 Å². The Morgan fingerprint density at radius 3 is 2.67 bits per heavy atom. The van der Waals surface area contributed by atoms with Crippen LogP contribution in [0.25, 0.3) is 0 Å². The van der Waals surface area contributed by atoms with E-state index in [9.17, 15) is 4.79 Å². The summed E-state index contributed by atoms with van der Waals surface area (Å²) in [5.41, 5.74) is -0.499. The molecule has 0 aromatic rings. The Balaban J connectivity index is 2.79. The first-order valence-electron chi connectivity index (χ1n) is 3.89. The van der Waals surface area contributed by atoms with E-state index in [1.165, 1.54) is 0 Å². The van der Waals surface area contributed by atoms with Gasteiger partial charge in [0, 0.05) is 13.0 Å². The highest BCUT2D eigenvalue weighted by atomic mass is 35.5. The molecule has 3 heteroatoms. The van der Waals surface area contributed by atoms with Crippen molar-refractivity contribution in [2.45, 2.75) is 31.2 Å². The van der Waals surface area contributed by atoms with Crippen molar-refractivity contribution in [1.29, 1.82) is 0 Å². The summed E-state index contributed by atoms with van der Waals surface area (Å²) in [6.07, 6.45) is 5.72. The summed E-state index contributed by atoms with van der Waals surface area (Å²) in [6, 6.07) is 0. The van der Waals surface area contributed by atoms with Crippen LogP contribution in [0.4, 0.5) is 0 Å². The fourth-order valence-electron chi connectivity index (χ4n) is 1.28. The average molecular weight is 186 g/mol. The number of terminal acetylenes is 1. The van der Waals surface area contributed by atoms with Gasteiger partial charge in [0.05, 0.1) is 10.9 Å². The molecule has 1 rings (SSSR count). The summed E-state index contributed by atoms with van der Waals surface area (Å²) >= 11 is 5.83.